The van der Waals surface area contributed by atoms with Crippen LogP contribution in [0.3, 0.4) is 0 Å². The van der Waals surface area contributed by atoms with E-state index in [2.05, 4.69) is 22.0 Å². The lowest BCUT2D eigenvalue weighted by atomic mass is 10.1. The number of carbonyl (C=O) groups is 1. The first-order chi connectivity index (χ1) is 11.0. The van der Waals surface area contributed by atoms with Gasteiger partial charge >= 0.3 is 0 Å². The van der Waals surface area contributed by atoms with Crippen molar-refractivity contribution >= 4 is 21.8 Å². The Morgan fingerprint density at radius 1 is 1.26 bits per heavy atom. The van der Waals surface area contributed by atoms with Crippen LogP contribution < -0.4 is 0 Å². The minimum atomic E-state index is -0.529. The van der Waals surface area contributed by atoms with Gasteiger partial charge in [-0.1, -0.05) is 35.0 Å². The Balaban J connectivity index is 2.24. The van der Waals surface area contributed by atoms with Gasteiger partial charge < -0.3 is 4.90 Å². The number of hydrogen-bond donors (Lipinski definition) is 0. The smallest absolute Gasteiger partial charge is 0.257 e. The minimum absolute atomic E-state index is 0.0569. The zero-order valence-electron chi connectivity index (χ0n) is 12.7. The molecule has 5 heteroatoms. The highest BCUT2D eigenvalue weighted by Crippen LogP contribution is 2.19. The van der Waals surface area contributed by atoms with E-state index in [0.29, 0.717) is 23.1 Å². The SMILES string of the molecule is CCCN(Cc1ccc(C#N)cc1)C(=O)c1cc(Br)ccc1F. The summed E-state index contributed by atoms with van der Waals surface area (Å²) in [4.78, 5) is 14.3. The van der Waals surface area contributed by atoms with E-state index in [1.165, 1.54) is 12.1 Å². The molecule has 0 aliphatic carbocycles. The summed E-state index contributed by atoms with van der Waals surface area (Å²) in [7, 11) is 0. The molecule has 0 atom stereocenters. The Morgan fingerprint density at radius 3 is 2.57 bits per heavy atom. The lowest BCUT2D eigenvalue weighted by Crippen LogP contribution is -2.32. The van der Waals surface area contributed by atoms with Crippen molar-refractivity contribution in [2.24, 2.45) is 0 Å². The van der Waals surface area contributed by atoms with Crippen molar-refractivity contribution in [3.63, 3.8) is 0 Å². The third-order valence-electron chi connectivity index (χ3n) is 3.40. The van der Waals surface area contributed by atoms with Crippen LogP contribution >= 0.6 is 15.9 Å². The van der Waals surface area contributed by atoms with Crippen LogP contribution in [0.5, 0.6) is 0 Å². The number of hydrogen-bond acceptors (Lipinski definition) is 2. The molecule has 0 heterocycles. The second-order valence-electron chi connectivity index (χ2n) is 5.16. The van der Waals surface area contributed by atoms with E-state index in [1.54, 1.807) is 23.1 Å². The zero-order valence-corrected chi connectivity index (χ0v) is 14.3. The summed E-state index contributed by atoms with van der Waals surface area (Å²) in [6, 6.07) is 13.5. The molecule has 2 aromatic rings. The largest absolute Gasteiger partial charge is 0.334 e. The van der Waals surface area contributed by atoms with E-state index in [0.717, 1.165) is 12.0 Å². The van der Waals surface area contributed by atoms with E-state index in [4.69, 9.17) is 5.26 Å². The lowest BCUT2D eigenvalue weighted by Gasteiger charge is -2.22. The number of nitrogens with zero attached hydrogens (tertiary/aromatic N) is 2. The van der Waals surface area contributed by atoms with Crippen LogP contribution in [0.15, 0.2) is 46.9 Å². The van der Waals surface area contributed by atoms with Crippen molar-refractivity contribution in [3.8, 4) is 6.07 Å². The third kappa shape index (κ3) is 4.40. The normalized spacial score (nSPS) is 10.2. The number of rotatable bonds is 5. The molecule has 0 aliphatic rings. The number of halogens is 2. The molecule has 2 aromatic carbocycles. The number of carbonyl (C=O) groups excluding carboxylic acids is 1. The summed E-state index contributed by atoms with van der Waals surface area (Å²) >= 11 is 3.27. The minimum Gasteiger partial charge on any atom is -0.334 e. The van der Waals surface area contributed by atoms with Gasteiger partial charge in [0.2, 0.25) is 0 Å². The van der Waals surface area contributed by atoms with Crippen LogP contribution in [0.4, 0.5) is 4.39 Å². The number of benzene rings is 2. The quantitative estimate of drug-likeness (QED) is 0.772. The monoisotopic (exact) mass is 374 g/mol. The number of nitriles is 1. The van der Waals surface area contributed by atoms with E-state index in [1.807, 2.05) is 19.1 Å². The summed E-state index contributed by atoms with van der Waals surface area (Å²) in [5.41, 5.74) is 1.53. The van der Waals surface area contributed by atoms with Crippen LogP contribution in [0.2, 0.25) is 0 Å². The first-order valence-electron chi connectivity index (χ1n) is 7.28. The van der Waals surface area contributed by atoms with Crippen molar-refractivity contribution in [1.29, 1.82) is 5.26 Å². The van der Waals surface area contributed by atoms with Gasteiger partial charge in [-0.2, -0.15) is 5.26 Å². The second-order valence-corrected chi connectivity index (χ2v) is 6.08. The van der Waals surface area contributed by atoms with E-state index in [9.17, 15) is 9.18 Å². The van der Waals surface area contributed by atoms with Gasteiger partial charge in [0.25, 0.3) is 5.91 Å². The van der Waals surface area contributed by atoms with Gasteiger partial charge in [-0.05, 0) is 42.3 Å². The molecule has 2 rings (SSSR count). The average molecular weight is 375 g/mol. The van der Waals surface area contributed by atoms with Gasteiger partial charge in [-0.25, -0.2) is 4.39 Å². The number of amides is 1. The summed E-state index contributed by atoms with van der Waals surface area (Å²) < 4.78 is 14.6. The van der Waals surface area contributed by atoms with Gasteiger partial charge in [0, 0.05) is 17.6 Å². The predicted octanol–water partition coefficient (Wildman–Crippen LogP) is 4.51. The molecule has 118 valence electrons. The molecular formula is C18H16BrFN2O. The van der Waals surface area contributed by atoms with E-state index >= 15 is 0 Å². The topological polar surface area (TPSA) is 44.1 Å². The van der Waals surface area contributed by atoms with Crippen molar-refractivity contribution in [1.82, 2.24) is 4.90 Å². The van der Waals surface area contributed by atoms with Crippen molar-refractivity contribution in [2.45, 2.75) is 19.9 Å². The Kier molecular flexibility index (Phi) is 5.89. The van der Waals surface area contributed by atoms with Gasteiger partial charge in [0.1, 0.15) is 5.82 Å². The highest BCUT2D eigenvalue weighted by Gasteiger charge is 2.19. The summed E-state index contributed by atoms with van der Waals surface area (Å²) in [6.07, 6.45) is 0.775. The summed E-state index contributed by atoms with van der Waals surface area (Å²) in [5, 5.41) is 8.83. The molecule has 23 heavy (non-hydrogen) atoms. The Hall–Kier alpha value is -2.19. The fraction of sp³-hybridized carbons (Fsp3) is 0.222. The van der Waals surface area contributed by atoms with Crippen LogP contribution in [0.1, 0.15) is 34.8 Å². The Bertz CT molecular complexity index is 738. The molecule has 0 fully saturated rings. The maximum Gasteiger partial charge on any atom is 0.257 e. The zero-order chi connectivity index (χ0) is 16.8. The molecule has 0 saturated carbocycles. The average Bonchev–Trinajstić information content (AvgIpc) is 2.56. The molecule has 0 aromatic heterocycles. The predicted molar refractivity (Wildman–Crippen MR) is 90.3 cm³/mol. The molecule has 1 amide bonds. The van der Waals surface area contributed by atoms with Crippen LogP contribution in [0.25, 0.3) is 0 Å². The van der Waals surface area contributed by atoms with E-state index < -0.39 is 5.82 Å². The molecule has 0 saturated heterocycles. The highest BCUT2D eigenvalue weighted by molar-refractivity contribution is 9.10. The summed E-state index contributed by atoms with van der Waals surface area (Å²) in [6.45, 7) is 2.88. The third-order valence-corrected chi connectivity index (χ3v) is 3.89. The molecule has 0 aliphatic heterocycles. The Morgan fingerprint density at radius 2 is 1.96 bits per heavy atom. The van der Waals surface area contributed by atoms with Crippen molar-refractivity contribution in [3.05, 3.63) is 69.4 Å². The van der Waals surface area contributed by atoms with Gasteiger partial charge in [-0.3, -0.25) is 4.79 Å². The summed E-state index contributed by atoms with van der Waals surface area (Å²) in [5.74, 6) is -0.867. The standard InChI is InChI=1S/C18H16BrFN2O/c1-2-9-22(12-14-5-3-13(11-21)4-6-14)18(23)16-10-15(19)7-8-17(16)20/h3-8,10H,2,9,12H2,1H3. The van der Waals surface area contributed by atoms with Gasteiger partial charge in [0.05, 0.1) is 17.2 Å². The van der Waals surface area contributed by atoms with Gasteiger partial charge in [-0.15, -0.1) is 0 Å². The first-order valence-corrected chi connectivity index (χ1v) is 8.07. The Labute approximate surface area is 143 Å². The van der Waals surface area contributed by atoms with Crippen molar-refractivity contribution in [2.75, 3.05) is 6.54 Å². The van der Waals surface area contributed by atoms with Crippen LogP contribution in [0, 0.1) is 17.1 Å². The molecule has 3 nitrogen and oxygen atoms in total. The molecule has 0 spiro atoms. The fourth-order valence-electron chi connectivity index (χ4n) is 2.26. The first kappa shape index (κ1) is 17.2. The lowest BCUT2D eigenvalue weighted by molar-refractivity contribution is 0.0738. The van der Waals surface area contributed by atoms with Crippen molar-refractivity contribution < 1.29 is 9.18 Å². The molecular weight excluding hydrogens is 359 g/mol. The molecule has 0 bridgehead atoms. The van der Waals surface area contributed by atoms with Crippen LogP contribution in [-0.2, 0) is 6.54 Å². The highest BCUT2D eigenvalue weighted by atomic mass is 79.9. The van der Waals surface area contributed by atoms with Crippen LogP contribution in [-0.4, -0.2) is 17.4 Å². The molecule has 0 unspecified atom stereocenters. The molecule has 0 N–H and O–H groups in total. The molecule has 0 radical (unpaired) electrons. The fourth-order valence-corrected chi connectivity index (χ4v) is 2.62. The maximum absolute atomic E-state index is 14.0. The van der Waals surface area contributed by atoms with Gasteiger partial charge in [0.15, 0.2) is 0 Å². The second kappa shape index (κ2) is 7.89. The maximum atomic E-state index is 14.0. The van der Waals surface area contributed by atoms with E-state index in [-0.39, 0.29) is 11.5 Å².